The molecule has 0 spiro atoms. The molecule has 0 atom stereocenters. The lowest BCUT2D eigenvalue weighted by Crippen LogP contribution is -2.26. The summed E-state index contributed by atoms with van der Waals surface area (Å²) in [7, 11) is 0. The molecule has 0 aromatic carbocycles. The van der Waals surface area contributed by atoms with E-state index < -0.39 is 12.3 Å². The maximum Gasteiger partial charge on any atom is 0.157 e. The number of aliphatic carboxylic acids is 1. The third kappa shape index (κ3) is 17.7. The second kappa shape index (κ2) is 18.7. The fourth-order valence-electron chi connectivity index (χ4n) is 2.64. The molecule has 4 heteroatoms. The van der Waals surface area contributed by atoms with Gasteiger partial charge in [0.25, 0.3) is 0 Å². The molecule has 0 saturated heterocycles. The molecule has 24 heavy (non-hydrogen) atoms. The molecule has 0 amide bonds. The Labute approximate surface area is 149 Å². The van der Waals surface area contributed by atoms with E-state index in [4.69, 9.17) is 9.47 Å². The fraction of sp³-hybridized carbons (Fsp3) is 0.950. The molecular formula is C20H39O4-. The number of carboxylic acid groups (broad SMARTS) is 1. The Hall–Kier alpha value is -0.610. The maximum atomic E-state index is 10.6. The number of hydrogen-bond acceptors (Lipinski definition) is 4. The van der Waals surface area contributed by atoms with Gasteiger partial charge in [-0.1, -0.05) is 78.1 Å². The van der Waals surface area contributed by atoms with Gasteiger partial charge >= 0.3 is 0 Å². The van der Waals surface area contributed by atoms with Gasteiger partial charge in [-0.2, -0.15) is 0 Å². The molecule has 4 nitrogen and oxygen atoms in total. The van der Waals surface area contributed by atoms with Crippen molar-refractivity contribution in [2.24, 2.45) is 0 Å². The van der Waals surface area contributed by atoms with Crippen LogP contribution in [0.3, 0.4) is 0 Å². The molecule has 0 aromatic heterocycles. The molecule has 0 N–H and O–H groups in total. The number of carboxylic acids is 1. The highest BCUT2D eigenvalue weighted by atomic mass is 16.7. The standard InChI is InChI=1S/C20H40O4/c1-3-5-7-9-11-13-17-23-20(16-15-19(21)22)24-18-14-12-10-8-6-4-2/h20H,3-18H2,1-2H3,(H,21,22)/p-1. The third-order valence-electron chi connectivity index (χ3n) is 4.19. The van der Waals surface area contributed by atoms with Crippen LogP contribution in [-0.4, -0.2) is 25.5 Å². The van der Waals surface area contributed by atoms with Gasteiger partial charge in [0, 0.05) is 25.6 Å². The van der Waals surface area contributed by atoms with Crippen LogP contribution >= 0.6 is 0 Å². The molecule has 0 heterocycles. The van der Waals surface area contributed by atoms with Crippen LogP contribution in [-0.2, 0) is 14.3 Å². The second-order valence-electron chi connectivity index (χ2n) is 6.62. The van der Waals surface area contributed by atoms with Crippen molar-refractivity contribution >= 4 is 5.97 Å². The molecule has 0 aliphatic carbocycles. The molecule has 0 aliphatic heterocycles. The summed E-state index contributed by atoms with van der Waals surface area (Å²) in [4.78, 5) is 10.6. The van der Waals surface area contributed by atoms with E-state index in [1.54, 1.807) is 0 Å². The summed E-state index contributed by atoms with van der Waals surface area (Å²) in [5.41, 5.74) is 0. The smallest absolute Gasteiger partial charge is 0.157 e. The molecule has 0 aliphatic rings. The molecule has 0 radical (unpaired) electrons. The van der Waals surface area contributed by atoms with E-state index in [1.807, 2.05) is 0 Å². The summed E-state index contributed by atoms with van der Waals surface area (Å²) in [6.07, 6.45) is 14.6. The zero-order valence-electron chi connectivity index (χ0n) is 16.0. The van der Waals surface area contributed by atoms with Gasteiger partial charge in [0.1, 0.15) is 0 Å². The Kier molecular flexibility index (Phi) is 18.2. The Bertz CT molecular complexity index is 250. The number of carbonyl (C=O) groups is 1. The Balaban J connectivity index is 3.70. The third-order valence-corrected chi connectivity index (χ3v) is 4.19. The van der Waals surface area contributed by atoms with E-state index in [1.165, 1.54) is 64.2 Å². The molecule has 144 valence electrons. The molecule has 0 rings (SSSR count). The van der Waals surface area contributed by atoms with E-state index in [0.717, 1.165) is 12.8 Å². The fourth-order valence-corrected chi connectivity index (χ4v) is 2.64. The first-order valence-corrected chi connectivity index (χ1v) is 10.1. The maximum absolute atomic E-state index is 10.6. The zero-order chi connectivity index (χ0) is 17.9. The topological polar surface area (TPSA) is 58.6 Å². The summed E-state index contributed by atoms with van der Waals surface area (Å²) in [6.45, 7) is 5.74. The summed E-state index contributed by atoms with van der Waals surface area (Å²) in [6, 6.07) is 0. The van der Waals surface area contributed by atoms with Crippen LogP contribution in [0.2, 0.25) is 0 Å². The summed E-state index contributed by atoms with van der Waals surface area (Å²) >= 11 is 0. The van der Waals surface area contributed by atoms with Crippen LogP contribution < -0.4 is 5.11 Å². The van der Waals surface area contributed by atoms with Crippen molar-refractivity contribution in [1.82, 2.24) is 0 Å². The first-order chi connectivity index (χ1) is 11.7. The van der Waals surface area contributed by atoms with E-state index in [0.29, 0.717) is 19.6 Å². The predicted octanol–water partition coefficient (Wildman–Crippen LogP) is 4.60. The van der Waals surface area contributed by atoms with Crippen LogP contribution in [0.5, 0.6) is 0 Å². The summed E-state index contributed by atoms with van der Waals surface area (Å²) in [5.74, 6) is -1.04. The van der Waals surface area contributed by atoms with Crippen molar-refractivity contribution in [3.05, 3.63) is 0 Å². The van der Waals surface area contributed by atoms with Gasteiger partial charge in [0.2, 0.25) is 0 Å². The molecule has 0 saturated carbocycles. The van der Waals surface area contributed by atoms with Crippen molar-refractivity contribution in [3.63, 3.8) is 0 Å². The average Bonchev–Trinajstić information content (AvgIpc) is 2.57. The van der Waals surface area contributed by atoms with Crippen molar-refractivity contribution < 1.29 is 19.4 Å². The van der Waals surface area contributed by atoms with E-state index in [-0.39, 0.29) is 6.42 Å². The summed E-state index contributed by atoms with van der Waals surface area (Å²) in [5, 5.41) is 10.6. The van der Waals surface area contributed by atoms with Crippen molar-refractivity contribution in [1.29, 1.82) is 0 Å². The van der Waals surface area contributed by atoms with E-state index >= 15 is 0 Å². The van der Waals surface area contributed by atoms with Crippen LogP contribution in [0.1, 0.15) is 104 Å². The lowest BCUT2D eigenvalue weighted by molar-refractivity contribution is -0.307. The van der Waals surface area contributed by atoms with Gasteiger partial charge in [-0.05, 0) is 19.3 Å². The minimum absolute atomic E-state index is 0.00231. The number of carbonyl (C=O) groups excluding carboxylic acids is 1. The van der Waals surface area contributed by atoms with E-state index in [9.17, 15) is 9.90 Å². The molecule has 0 unspecified atom stereocenters. The average molecular weight is 344 g/mol. The highest BCUT2D eigenvalue weighted by Gasteiger charge is 2.09. The molecule has 0 bridgehead atoms. The van der Waals surface area contributed by atoms with Gasteiger partial charge in [0.15, 0.2) is 6.29 Å². The number of unbranched alkanes of at least 4 members (excludes halogenated alkanes) is 10. The SMILES string of the molecule is CCCCCCCCOC(CCC(=O)[O-])OCCCCCCCC. The lowest BCUT2D eigenvalue weighted by Gasteiger charge is -2.19. The molecular weight excluding hydrogens is 304 g/mol. The van der Waals surface area contributed by atoms with Gasteiger partial charge in [-0.15, -0.1) is 0 Å². The highest BCUT2D eigenvalue weighted by molar-refractivity contribution is 5.64. The molecule has 0 fully saturated rings. The predicted molar refractivity (Wildman–Crippen MR) is 96.7 cm³/mol. The normalized spacial score (nSPS) is 11.3. The minimum atomic E-state index is -1.04. The number of ether oxygens (including phenoxy) is 2. The Morgan fingerprint density at radius 2 is 1.17 bits per heavy atom. The highest BCUT2D eigenvalue weighted by Crippen LogP contribution is 2.11. The second-order valence-corrected chi connectivity index (χ2v) is 6.62. The summed E-state index contributed by atoms with van der Waals surface area (Å²) < 4.78 is 11.5. The zero-order valence-corrected chi connectivity index (χ0v) is 16.0. The minimum Gasteiger partial charge on any atom is -0.550 e. The van der Waals surface area contributed by atoms with Gasteiger partial charge in [-0.25, -0.2) is 0 Å². The van der Waals surface area contributed by atoms with Gasteiger partial charge in [0.05, 0.1) is 0 Å². The first-order valence-electron chi connectivity index (χ1n) is 10.1. The van der Waals surface area contributed by atoms with Crippen molar-refractivity contribution in [2.45, 2.75) is 110 Å². The van der Waals surface area contributed by atoms with Crippen molar-refractivity contribution in [2.75, 3.05) is 13.2 Å². The van der Waals surface area contributed by atoms with Crippen LogP contribution in [0.15, 0.2) is 0 Å². The van der Waals surface area contributed by atoms with Crippen LogP contribution in [0.4, 0.5) is 0 Å². The molecule has 0 aromatic rings. The Morgan fingerprint density at radius 3 is 1.58 bits per heavy atom. The van der Waals surface area contributed by atoms with E-state index in [2.05, 4.69) is 13.8 Å². The Morgan fingerprint density at radius 1 is 0.750 bits per heavy atom. The largest absolute Gasteiger partial charge is 0.550 e. The number of rotatable bonds is 19. The quantitative estimate of drug-likeness (QED) is 0.254. The van der Waals surface area contributed by atoms with Crippen molar-refractivity contribution in [3.8, 4) is 0 Å². The number of hydrogen-bond donors (Lipinski definition) is 0. The van der Waals surface area contributed by atoms with Gasteiger partial charge < -0.3 is 19.4 Å². The lowest BCUT2D eigenvalue weighted by atomic mass is 10.1. The van der Waals surface area contributed by atoms with Gasteiger partial charge in [-0.3, -0.25) is 0 Å². The first kappa shape index (κ1) is 23.4. The van der Waals surface area contributed by atoms with Crippen LogP contribution in [0.25, 0.3) is 0 Å². The van der Waals surface area contributed by atoms with Crippen LogP contribution in [0, 0.1) is 0 Å². The monoisotopic (exact) mass is 343 g/mol.